The van der Waals surface area contributed by atoms with Crippen molar-refractivity contribution in [1.82, 2.24) is 19.7 Å². The zero-order chi connectivity index (χ0) is 17.2. The highest BCUT2D eigenvalue weighted by Crippen LogP contribution is 2.21. The van der Waals surface area contributed by atoms with E-state index in [1.807, 2.05) is 30.3 Å². The maximum absolute atomic E-state index is 13.9. The highest BCUT2D eigenvalue weighted by Gasteiger charge is 2.20. The van der Waals surface area contributed by atoms with Crippen molar-refractivity contribution in [2.75, 3.05) is 13.1 Å². The molecule has 0 N–H and O–H groups in total. The number of aromatic nitrogens is 3. The molecule has 0 fully saturated rings. The molecule has 0 unspecified atom stereocenters. The van der Waals surface area contributed by atoms with E-state index in [0.717, 1.165) is 49.3 Å². The first-order valence-corrected chi connectivity index (χ1v) is 8.35. The fraction of sp³-hybridized carbons (Fsp3) is 0.263. The van der Waals surface area contributed by atoms with Crippen LogP contribution >= 0.6 is 0 Å². The van der Waals surface area contributed by atoms with Crippen molar-refractivity contribution < 1.29 is 8.78 Å². The maximum atomic E-state index is 13.9. The van der Waals surface area contributed by atoms with Crippen LogP contribution in [-0.2, 0) is 19.5 Å². The summed E-state index contributed by atoms with van der Waals surface area (Å²) in [5.74, 6) is 0.238. The van der Waals surface area contributed by atoms with Gasteiger partial charge >= 0.3 is 0 Å². The lowest BCUT2D eigenvalue weighted by molar-refractivity contribution is 0.266. The molecule has 0 saturated heterocycles. The summed E-state index contributed by atoms with van der Waals surface area (Å²) in [7, 11) is 0. The number of hydrogen-bond acceptors (Lipinski definition) is 3. The molecule has 2 heterocycles. The lowest BCUT2D eigenvalue weighted by Crippen LogP contribution is -2.27. The van der Waals surface area contributed by atoms with Crippen molar-refractivity contribution in [2.24, 2.45) is 0 Å². The largest absolute Gasteiger partial charge is 0.310 e. The van der Waals surface area contributed by atoms with Gasteiger partial charge in [-0.25, -0.2) is 8.78 Å². The molecule has 2 aromatic carbocycles. The first kappa shape index (κ1) is 15.9. The third kappa shape index (κ3) is 3.17. The second-order valence-electron chi connectivity index (χ2n) is 6.20. The zero-order valence-corrected chi connectivity index (χ0v) is 13.7. The number of hydrogen-bond donors (Lipinski definition) is 0. The number of benzene rings is 2. The summed E-state index contributed by atoms with van der Waals surface area (Å²) in [6.45, 7) is 2.59. The van der Waals surface area contributed by atoms with Gasteiger partial charge in [0.15, 0.2) is 17.5 Å². The quantitative estimate of drug-likeness (QED) is 0.734. The van der Waals surface area contributed by atoms with Gasteiger partial charge in [-0.15, -0.1) is 10.2 Å². The predicted octanol–water partition coefficient (Wildman–Crippen LogP) is 3.28. The molecule has 0 saturated carbocycles. The van der Waals surface area contributed by atoms with Gasteiger partial charge in [-0.3, -0.25) is 4.90 Å². The number of fused-ring (bicyclic) bond motifs is 1. The molecule has 3 aromatic rings. The molecule has 1 aromatic heterocycles. The van der Waals surface area contributed by atoms with E-state index in [1.54, 1.807) is 12.1 Å². The monoisotopic (exact) mass is 340 g/mol. The van der Waals surface area contributed by atoms with Crippen LogP contribution < -0.4 is 0 Å². The lowest BCUT2D eigenvalue weighted by atomic mass is 10.2. The molecule has 0 spiro atoms. The van der Waals surface area contributed by atoms with Crippen molar-refractivity contribution in [3.63, 3.8) is 0 Å². The normalized spacial score (nSPS) is 15.0. The molecule has 6 heteroatoms. The minimum Gasteiger partial charge on any atom is -0.310 e. The topological polar surface area (TPSA) is 34.0 Å². The Labute approximate surface area is 144 Å². The fourth-order valence-corrected chi connectivity index (χ4v) is 3.24. The molecule has 0 atom stereocenters. The Bertz CT molecular complexity index is 876. The Morgan fingerprint density at radius 2 is 1.72 bits per heavy atom. The molecule has 0 bridgehead atoms. The molecule has 0 amide bonds. The van der Waals surface area contributed by atoms with Crippen molar-refractivity contribution in [1.29, 1.82) is 0 Å². The first-order valence-electron chi connectivity index (χ1n) is 8.35. The number of halogens is 2. The van der Waals surface area contributed by atoms with Crippen LogP contribution in [0.3, 0.4) is 0 Å². The fourth-order valence-electron chi connectivity index (χ4n) is 3.24. The van der Waals surface area contributed by atoms with Crippen LogP contribution in [0.1, 0.15) is 11.4 Å². The Hall–Kier alpha value is -2.60. The molecule has 0 radical (unpaired) electrons. The highest BCUT2D eigenvalue weighted by molar-refractivity contribution is 5.55. The Morgan fingerprint density at radius 1 is 0.880 bits per heavy atom. The Morgan fingerprint density at radius 3 is 2.56 bits per heavy atom. The molecule has 0 aliphatic carbocycles. The minimum atomic E-state index is -0.796. The second-order valence-corrected chi connectivity index (χ2v) is 6.20. The lowest BCUT2D eigenvalue weighted by Gasteiger charge is -2.20. The van der Waals surface area contributed by atoms with E-state index in [9.17, 15) is 8.78 Å². The third-order valence-electron chi connectivity index (χ3n) is 4.58. The van der Waals surface area contributed by atoms with Gasteiger partial charge in [-0.05, 0) is 6.07 Å². The summed E-state index contributed by atoms with van der Waals surface area (Å²) in [6, 6.07) is 14.3. The maximum Gasteiger partial charge on any atom is 0.164 e. The van der Waals surface area contributed by atoms with Crippen LogP contribution in [0.2, 0.25) is 0 Å². The molecule has 128 valence electrons. The molecule has 1 aliphatic rings. The van der Waals surface area contributed by atoms with Crippen molar-refractivity contribution in [3.05, 3.63) is 71.6 Å². The molecular formula is C19H18F2N4. The summed E-state index contributed by atoms with van der Waals surface area (Å²) in [5.41, 5.74) is 1.42. The summed E-state index contributed by atoms with van der Waals surface area (Å²) in [6.07, 6.45) is 0.733. The van der Waals surface area contributed by atoms with Gasteiger partial charge in [0.1, 0.15) is 5.82 Å². The average Bonchev–Trinajstić information content (AvgIpc) is 2.94. The van der Waals surface area contributed by atoms with Crippen LogP contribution in [0.15, 0.2) is 48.5 Å². The smallest absolute Gasteiger partial charge is 0.164 e. The third-order valence-corrected chi connectivity index (χ3v) is 4.58. The second kappa shape index (κ2) is 6.72. The van der Waals surface area contributed by atoms with Gasteiger partial charge in [-0.2, -0.15) is 0 Å². The molecule has 4 rings (SSSR count). The Balaban J connectivity index is 1.53. The summed E-state index contributed by atoms with van der Waals surface area (Å²) in [4.78, 5) is 2.13. The van der Waals surface area contributed by atoms with Crippen molar-refractivity contribution in [3.8, 4) is 11.4 Å². The number of nitrogens with zero attached hydrogens (tertiary/aromatic N) is 4. The van der Waals surface area contributed by atoms with E-state index in [2.05, 4.69) is 19.7 Å². The minimum absolute atomic E-state index is 0.390. The van der Waals surface area contributed by atoms with E-state index < -0.39 is 11.6 Å². The van der Waals surface area contributed by atoms with E-state index in [0.29, 0.717) is 12.1 Å². The first-order chi connectivity index (χ1) is 12.2. The summed E-state index contributed by atoms with van der Waals surface area (Å²) >= 11 is 0. The average molecular weight is 340 g/mol. The van der Waals surface area contributed by atoms with Crippen molar-refractivity contribution >= 4 is 0 Å². The Kier molecular flexibility index (Phi) is 4.28. The van der Waals surface area contributed by atoms with E-state index in [4.69, 9.17) is 0 Å². The van der Waals surface area contributed by atoms with Crippen LogP contribution in [0.25, 0.3) is 11.4 Å². The van der Waals surface area contributed by atoms with Crippen LogP contribution in [-0.4, -0.2) is 32.8 Å². The van der Waals surface area contributed by atoms with Crippen molar-refractivity contribution in [2.45, 2.75) is 19.5 Å². The molecule has 25 heavy (non-hydrogen) atoms. The van der Waals surface area contributed by atoms with Gasteiger partial charge in [0.05, 0.1) is 0 Å². The van der Waals surface area contributed by atoms with E-state index >= 15 is 0 Å². The van der Waals surface area contributed by atoms with Gasteiger partial charge < -0.3 is 4.57 Å². The molecule has 1 aliphatic heterocycles. The number of rotatable bonds is 3. The van der Waals surface area contributed by atoms with E-state index in [1.165, 1.54) is 0 Å². The SMILES string of the molecule is Fc1cccc(CN2CCc3nnc(-c4ccccc4)n3CC2)c1F. The molecule has 4 nitrogen and oxygen atoms in total. The standard InChI is InChI=1S/C19H18F2N4/c20-16-8-4-7-15(18(16)21)13-24-10-9-17-22-23-19(25(17)12-11-24)14-5-2-1-3-6-14/h1-8H,9-13H2. The van der Waals surface area contributed by atoms with E-state index in [-0.39, 0.29) is 0 Å². The van der Waals surface area contributed by atoms with Gasteiger partial charge in [-0.1, -0.05) is 42.5 Å². The molecular weight excluding hydrogens is 322 g/mol. The van der Waals surface area contributed by atoms with Crippen LogP contribution in [0.5, 0.6) is 0 Å². The zero-order valence-electron chi connectivity index (χ0n) is 13.7. The van der Waals surface area contributed by atoms with Gasteiger partial charge in [0.2, 0.25) is 0 Å². The van der Waals surface area contributed by atoms with Crippen LogP contribution in [0.4, 0.5) is 8.78 Å². The summed E-state index contributed by atoms with van der Waals surface area (Å²) in [5, 5.41) is 8.65. The predicted molar refractivity (Wildman–Crippen MR) is 90.8 cm³/mol. The van der Waals surface area contributed by atoms with Gasteiger partial charge in [0, 0.05) is 43.7 Å². The van der Waals surface area contributed by atoms with Crippen LogP contribution in [0, 0.1) is 11.6 Å². The van der Waals surface area contributed by atoms with Gasteiger partial charge in [0.25, 0.3) is 0 Å². The highest BCUT2D eigenvalue weighted by atomic mass is 19.2. The summed E-state index contributed by atoms with van der Waals surface area (Å²) < 4.78 is 29.4.